The van der Waals surface area contributed by atoms with Crippen LogP contribution in [0.2, 0.25) is 0 Å². The highest BCUT2D eigenvalue weighted by Crippen LogP contribution is 2.22. The molecule has 1 aliphatic carbocycles. The Hall–Kier alpha value is -1.40. The van der Waals surface area contributed by atoms with Gasteiger partial charge in [-0.15, -0.1) is 0 Å². The molecule has 1 atom stereocenters. The van der Waals surface area contributed by atoms with Gasteiger partial charge in [0.1, 0.15) is 0 Å². The maximum atomic E-state index is 12.7. The molecule has 0 bridgehead atoms. The zero-order valence-electron chi connectivity index (χ0n) is 15.6. The second-order valence-corrected chi connectivity index (χ2v) is 9.67. The van der Waals surface area contributed by atoms with Crippen molar-refractivity contribution in [3.63, 3.8) is 0 Å². The van der Waals surface area contributed by atoms with Crippen molar-refractivity contribution in [2.45, 2.75) is 69.6 Å². The van der Waals surface area contributed by atoms with Crippen molar-refractivity contribution in [2.24, 2.45) is 0 Å². The van der Waals surface area contributed by atoms with E-state index in [1.807, 2.05) is 12.1 Å². The van der Waals surface area contributed by atoms with Gasteiger partial charge in [0.05, 0.1) is 5.25 Å². The van der Waals surface area contributed by atoms with Crippen molar-refractivity contribution in [3.8, 4) is 0 Å². The Labute approximate surface area is 157 Å². The summed E-state index contributed by atoms with van der Waals surface area (Å²) in [5.74, 6) is 0.0639. The number of nitrogens with zero attached hydrogens (tertiary/aromatic N) is 1. The first-order chi connectivity index (χ1) is 12.5. The average molecular weight is 379 g/mol. The lowest BCUT2D eigenvalue weighted by Gasteiger charge is -2.33. The van der Waals surface area contributed by atoms with Crippen molar-refractivity contribution < 1.29 is 13.2 Å². The van der Waals surface area contributed by atoms with Crippen molar-refractivity contribution >= 4 is 15.9 Å². The summed E-state index contributed by atoms with van der Waals surface area (Å²) in [5, 5.41) is -0.473. The minimum atomic E-state index is -3.35. The lowest BCUT2D eigenvalue weighted by Crippen LogP contribution is -2.50. The minimum absolute atomic E-state index is 0.0639. The number of hydrogen-bond donors (Lipinski definition) is 1. The first-order valence-electron chi connectivity index (χ1n) is 9.79. The predicted octanol–water partition coefficient (Wildman–Crippen LogP) is 2.78. The summed E-state index contributed by atoms with van der Waals surface area (Å²) in [5.41, 5.74) is 2.38. The number of piperidine rings is 1. The Balaban J connectivity index is 1.55. The van der Waals surface area contributed by atoms with Gasteiger partial charge in [0.25, 0.3) is 0 Å². The average Bonchev–Trinajstić information content (AvgIpc) is 3.13. The van der Waals surface area contributed by atoms with Gasteiger partial charge in [0.15, 0.2) is 0 Å². The molecule has 0 aromatic heterocycles. The van der Waals surface area contributed by atoms with Crippen LogP contribution in [0.1, 0.15) is 56.1 Å². The number of carbonyl (C=O) groups is 1. The van der Waals surface area contributed by atoms with Crippen LogP contribution in [0.3, 0.4) is 0 Å². The van der Waals surface area contributed by atoms with Crippen LogP contribution < -0.4 is 4.72 Å². The van der Waals surface area contributed by atoms with Crippen LogP contribution in [0.4, 0.5) is 0 Å². The second-order valence-electron chi connectivity index (χ2n) is 7.67. The molecule has 5 nitrogen and oxygen atoms in total. The Morgan fingerprint density at radius 3 is 2.62 bits per heavy atom. The molecule has 1 heterocycles. The fourth-order valence-corrected chi connectivity index (χ4v) is 5.83. The predicted molar refractivity (Wildman–Crippen MR) is 103 cm³/mol. The molecule has 3 rings (SSSR count). The van der Waals surface area contributed by atoms with Crippen LogP contribution in [0.5, 0.6) is 0 Å². The number of likely N-dealkylation sites (tertiary alicyclic amines) is 1. The van der Waals surface area contributed by atoms with E-state index >= 15 is 0 Å². The Morgan fingerprint density at radius 2 is 1.88 bits per heavy atom. The topological polar surface area (TPSA) is 66.5 Å². The SMILES string of the molecule is Cc1ccccc1CCC(=O)N1CCCC(S(=O)(=O)NC2CCCC2)C1. The number of amides is 1. The van der Waals surface area contributed by atoms with E-state index in [0.29, 0.717) is 32.4 Å². The normalized spacial score (nSPS) is 21.9. The smallest absolute Gasteiger partial charge is 0.222 e. The first-order valence-corrected chi connectivity index (χ1v) is 11.3. The zero-order valence-corrected chi connectivity index (χ0v) is 16.4. The quantitative estimate of drug-likeness (QED) is 0.828. The van der Waals surface area contributed by atoms with Gasteiger partial charge in [-0.3, -0.25) is 4.79 Å². The molecule has 1 amide bonds. The molecule has 2 fully saturated rings. The lowest BCUT2D eigenvalue weighted by molar-refractivity contribution is -0.131. The van der Waals surface area contributed by atoms with Crippen molar-refractivity contribution in [1.82, 2.24) is 9.62 Å². The van der Waals surface area contributed by atoms with Crippen LogP contribution in [-0.4, -0.2) is 43.6 Å². The van der Waals surface area contributed by atoms with Gasteiger partial charge in [0, 0.05) is 25.6 Å². The monoisotopic (exact) mass is 378 g/mol. The standard InChI is InChI=1S/C20H30N2O3S/c1-16-7-2-3-8-17(16)12-13-20(23)22-14-6-11-19(15-22)26(24,25)21-18-9-4-5-10-18/h2-3,7-8,18-19,21H,4-6,9-15H2,1H3. The van der Waals surface area contributed by atoms with Gasteiger partial charge in [-0.25, -0.2) is 13.1 Å². The summed E-state index contributed by atoms with van der Waals surface area (Å²) in [4.78, 5) is 14.4. The van der Waals surface area contributed by atoms with Crippen LogP contribution in [-0.2, 0) is 21.2 Å². The molecule has 1 aromatic carbocycles. The Bertz CT molecular complexity index is 726. The Kier molecular flexibility index (Phi) is 6.35. The van der Waals surface area contributed by atoms with Gasteiger partial charge < -0.3 is 4.90 Å². The highest BCUT2D eigenvalue weighted by molar-refractivity contribution is 7.90. The third-order valence-corrected chi connectivity index (χ3v) is 7.65. The molecule has 1 N–H and O–H groups in total. The van der Waals surface area contributed by atoms with E-state index < -0.39 is 15.3 Å². The molecule has 0 radical (unpaired) electrons. The molecule has 1 aliphatic heterocycles. The van der Waals surface area contributed by atoms with Crippen molar-refractivity contribution in [1.29, 1.82) is 0 Å². The van der Waals surface area contributed by atoms with Crippen LogP contribution in [0.15, 0.2) is 24.3 Å². The highest BCUT2D eigenvalue weighted by atomic mass is 32.2. The number of rotatable bonds is 6. The molecular weight excluding hydrogens is 348 g/mol. The van der Waals surface area contributed by atoms with Gasteiger partial charge >= 0.3 is 0 Å². The number of benzene rings is 1. The van der Waals surface area contributed by atoms with Crippen LogP contribution in [0.25, 0.3) is 0 Å². The number of aryl methyl sites for hydroxylation is 2. The Morgan fingerprint density at radius 1 is 1.15 bits per heavy atom. The van der Waals surface area contributed by atoms with Gasteiger partial charge in [-0.2, -0.15) is 0 Å². The third-order valence-electron chi connectivity index (χ3n) is 5.73. The number of carbonyl (C=O) groups excluding carboxylic acids is 1. The van der Waals surface area contributed by atoms with E-state index in [9.17, 15) is 13.2 Å². The van der Waals surface area contributed by atoms with Crippen molar-refractivity contribution in [3.05, 3.63) is 35.4 Å². The van der Waals surface area contributed by atoms with E-state index in [4.69, 9.17) is 0 Å². The molecule has 144 valence electrons. The largest absolute Gasteiger partial charge is 0.341 e. The third kappa shape index (κ3) is 4.86. The van der Waals surface area contributed by atoms with Crippen LogP contribution in [0, 0.1) is 6.92 Å². The molecule has 0 spiro atoms. The number of hydrogen-bond acceptors (Lipinski definition) is 3. The molecule has 1 saturated carbocycles. The lowest BCUT2D eigenvalue weighted by atomic mass is 10.0. The van der Waals surface area contributed by atoms with Gasteiger partial charge in [0.2, 0.25) is 15.9 Å². The summed E-state index contributed by atoms with van der Waals surface area (Å²) in [7, 11) is -3.35. The van der Waals surface area contributed by atoms with Crippen LogP contribution >= 0.6 is 0 Å². The van der Waals surface area contributed by atoms with E-state index in [1.165, 1.54) is 11.1 Å². The van der Waals surface area contributed by atoms with Gasteiger partial charge in [-0.05, 0) is 50.2 Å². The fourth-order valence-electron chi connectivity index (χ4n) is 4.08. The summed E-state index contributed by atoms with van der Waals surface area (Å²) in [6.45, 7) is 3.05. The number of nitrogens with one attached hydrogen (secondary N) is 1. The maximum absolute atomic E-state index is 12.7. The second kappa shape index (κ2) is 8.53. The molecular formula is C20H30N2O3S. The molecule has 1 saturated heterocycles. The maximum Gasteiger partial charge on any atom is 0.222 e. The highest BCUT2D eigenvalue weighted by Gasteiger charge is 2.34. The van der Waals surface area contributed by atoms with E-state index in [1.54, 1.807) is 4.90 Å². The van der Waals surface area contributed by atoms with Gasteiger partial charge in [-0.1, -0.05) is 37.1 Å². The molecule has 1 unspecified atom stereocenters. The van der Waals surface area contributed by atoms with E-state index in [2.05, 4.69) is 23.8 Å². The zero-order chi connectivity index (χ0) is 18.6. The van der Waals surface area contributed by atoms with E-state index in [-0.39, 0.29) is 11.9 Å². The first kappa shape index (κ1) is 19.4. The molecule has 6 heteroatoms. The minimum Gasteiger partial charge on any atom is -0.341 e. The van der Waals surface area contributed by atoms with Crippen molar-refractivity contribution in [2.75, 3.05) is 13.1 Å². The van der Waals surface area contributed by atoms with E-state index in [0.717, 1.165) is 32.1 Å². The summed E-state index contributed by atoms with van der Waals surface area (Å²) in [6.07, 6.45) is 6.61. The summed E-state index contributed by atoms with van der Waals surface area (Å²) in [6, 6.07) is 8.19. The number of sulfonamides is 1. The molecule has 26 heavy (non-hydrogen) atoms. The molecule has 2 aliphatic rings. The summed E-state index contributed by atoms with van der Waals surface area (Å²) < 4.78 is 28.3. The molecule has 1 aromatic rings. The fraction of sp³-hybridized carbons (Fsp3) is 0.650. The summed E-state index contributed by atoms with van der Waals surface area (Å²) >= 11 is 0.